The maximum absolute atomic E-state index is 13.3. The SMILES string of the molecule is CC1Cn2ccnc2-c2cc(Br)ccc2O1.Fc1ccc(Br)cc1-c1ncc[nH]1. The monoisotopic (exact) mass is 518 g/mol. The Morgan fingerprint density at radius 1 is 1.07 bits per heavy atom. The molecule has 0 amide bonds. The third kappa shape index (κ3) is 4.43. The molecule has 29 heavy (non-hydrogen) atoms. The fourth-order valence-electron chi connectivity index (χ4n) is 3.10. The number of H-pyrrole nitrogens is 1. The lowest BCUT2D eigenvalue weighted by Crippen LogP contribution is -2.16. The first-order valence-corrected chi connectivity index (χ1v) is 10.5. The first kappa shape index (κ1) is 19.8. The first-order valence-electron chi connectivity index (χ1n) is 8.94. The summed E-state index contributed by atoms with van der Waals surface area (Å²) < 4.78 is 23.1. The van der Waals surface area contributed by atoms with E-state index in [9.17, 15) is 4.39 Å². The highest BCUT2D eigenvalue weighted by atomic mass is 79.9. The van der Waals surface area contributed by atoms with E-state index in [0.717, 1.165) is 32.6 Å². The van der Waals surface area contributed by atoms with Gasteiger partial charge in [0.25, 0.3) is 0 Å². The molecule has 0 aliphatic carbocycles. The number of halogens is 3. The fraction of sp³-hybridized carbons (Fsp3) is 0.143. The lowest BCUT2D eigenvalue weighted by Gasteiger charge is -2.12. The number of imidazole rings is 2. The van der Waals surface area contributed by atoms with E-state index in [1.165, 1.54) is 6.07 Å². The second kappa shape index (κ2) is 8.51. The number of aromatic amines is 1. The minimum absolute atomic E-state index is 0.162. The van der Waals surface area contributed by atoms with Gasteiger partial charge in [-0.25, -0.2) is 14.4 Å². The molecule has 0 saturated heterocycles. The summed E-state index contributed by atoms with van der Waals surface area (Å²) in [6.45, 7) is 2.91. The number of fused-ring (bicyclic) bond motifs is 3. The Kier molecular flexibility index (Phi) is 5.82. The molecule has 8 heteroatoms. The Morgan fingerprint density at radius 3 is 2.59 bits per heavy atom. The molecule has 1 N–H and O–H groups in total. The van der Waals surface area contributed by atoms with Crippen molar-refractivity contribution < 1.29 is 9.13 Å². The van der Waals surface area contributed by atoms with Gasteiger partial charge in [0.15, 0.2) is 0 Å². The molecule has 4 aromatic rings. The molecule has 1 aliphatic rings. The summed E-state index contributed by atoms with van der Waals surface area (Å²) >= 11 is 6.75. The summed E-state index contributed by atoms with van der Waals surface area (Å²) in [6.07, 6.45) is 7.24. The Hall–Kier alpha value is -2.45. The number of nitrogens with one attached hydrogen (secondary N) is 1. The number of hydrogen-bond acceptors (Lipinski definition) is 3. The van der Waals surface area contributed by atoms with Crippen molar-refractivity contribution in [3.8, 4) is 28.5 Å². The molecule has 5 rings (SSSR count). The van der Waals surface area contributed by atoms with Gasteiger partial charge in [-0.3, -0.25) is 0 Å². The van der Waals surface area contributed by atoms with Gasteiger partial charge in [-0.1, -0.05) is 31.9 Å². The summed E-state index contributed by atoms with van der Waals surface area (Å²) in [6, 6.07) is 10.8. The molecule has 2 aromatic heterocycles. The van der Waals surface area contributed by atoms with Crippen molar-refractivity contribution in [1.29, 1.82) is 0 Å². The molecule has 0 spiro atoms. The van der Waals surface area contributed by atoms with Crippen molar-refractivity contribution in [3.63, 3.8) is 0 Å². The van der Waals surface area contributed by atoms with Crippen LogP contribution >= 0.6 is 31.9 Å². The quantitative estimate of drug-likeness (QED) is 0.332. The van der Waals surface area contributed by atoms with Crippen LogP contribution in [-0.4, -0.2) is 25.6 Å². The number of benzene rings is 2. The number of aromatic nitrogens is 4. The molecule has 1 unspecified atom stereocenters. The largest absolute Gasteiger partial charge is 0.488 e. The first-order chi connectivity index (χ1) is 14.0. The van der Waals surface area contributed by atoms with E-state index in [1.54, 1.807) is 24.5 Å². The van der Waals surface area contributed by atoms with Gasteiger partial charge in [0.2, 0.25) is 0 Å². The smallest absolute Gasteiger partial charge is 0.143 e. The van der Waals surface area contributed by atoms with Crippen LogP contribution in [0.3, 0.4) is 0 Å². The Balaban J connectivity index is 0.000000145. The van der Waals surface area contributed by atoms with Crippen LogP contribution in [0.1, 0.15) is 6.92 Å². The maximum Gasteiger partial charge on any atom is 0.143 e. The van der Waals surface area contributed by atoms with E-state index in [1.807, 2.05) is 30.6 Å². The molecular weight excluding hydrogens is 503 g/mol. The zero-order valence-corrected chi connectivity index (χ0v) is 18.6. The second-order valence-electron chi connectivity index (χ2n) is 6.53. The van der Waals surface area contributed by atoms with Crippen LogP contribution in [0, 0.1) is 5.82 Å². The maximum atomic E-state index is 13.3. The standard InChI is InChI=1S/C12H11BrN2O.C9H6BrFN2/c1-8-7-15-5-4-14-12(15)10-6-9(13)2-3-11(10)16-8;10-6-1-2-8(11)7(5-6)9-12-3-4-13-9/h2-6,8H,7H2,1H3;1-5H,(H,12,13). The Morgan fingerprint density at radius 2 is 1.83 bits per heavy atom. The lowest BCUT2D eigenvalue weighted by atomic mass is 10.2. The van der Waals surface area contributed by atoms with E-state index in [4.69, 9.17) is 4.74 Å². The average molecular weight is 520 g/mol. The van der Waals surface area contributed by atoms with Crippen molar-refractivity contribution in [2.75, 3.05) is 0 Å². The van der Waals surface area contributed by atoms with Gasteiger partial charge < -0.3 is 14.3 Å². The van der Waals surface area contributed by atoms with Crippen molar-refractivity contribution in [3.05, 3.63) is 75.9 Å². The van der Waals surface area contributed by atoms with Crippen LogP contribution < -0.4 is 4.74 Å². The van der Waals surface area contributed by atoms with E-state index in [-0.39, 0.29) is 11.9 Å². The number of hydrogen-bond donors (Lipinski definition) is 1. The molecule has 0 radical (unpaired) electrons. The molecule has 148 valence electrons. The zero-order valence-electron chi connectivity index (χ0n) is 15.4. The lowest BCUT2D eigenvalue weighted by molar-refractivity contribution is 0.206. The number of ether oxygens (including phenoxy) is 1. The highest BCUT2D eigenvalue weighted by molar-refractivity contribution is 9.10. The fourth-order valence-corrected chi connectivity index (χ4v) is 3.83. The molecule has 2 aromatic carbocycles. The predicted molar refractivity (Wildman–Crippen MR) is 117 cm³/mol. The normalized spacial score (nSPS) is 14.7. The summed E-state index contributed by atoms with van der Waals surface area (Å²) in [4.78, 5) is 11.2. The second-order valence-corrected chi connectivity index (χ2v) is 8.37. The average Bonchev–Trinajstić information content (AvgIpc) is 3.36. The molecule has 1 atom stereocenters. The van der Waals surface area contributed by atoms with Gasteiger partial charge in [-0.05, 0) is 43.3 Å². The highest BCUT2D eigenvalue weighted by Gasteiger charge is 2.20. The molecule has 3 heterocycles. The molecule has 5 nitrogen and oxygen atoms in total. The molecule has 0 saturated carbocycles. The molecule has 1 aliphatic heterocycles. The van der Waals surface area contributed by atoms with Crippen LogP contribution in [0.15, 0.2) is 70.1 Å². The summed E-state index contributed by atoms with van der Waals surface area (Å²) in [5.74, 6) is 2.14. The van der Waals surface area contributed by atoms with E-state index in [0.29, 0.717) is 11.4 Å². The predicted octanol–water partition coefficient (Wildman–Crippen LogP) is 6.07. The van der Waals surface area contributed by atoms with Crippen LogP contribution in [-0.2, 0) is 6.54 Å². The van der Waals surface area contributed by atoms with Crippen LogP contribution in [0.2, 0.25) is 0 Å². The van der Waals surface area contributed by atoms with E-state index in [2.05, 4.69) is 58.3 Å². The van der Waals surface area contributed by atoms with E-state index >= 15 is 0 Å². The van der Waals surface area contributed by atoms with Crippen molar-refractivity contribution in [2.45, 2.75) is 19.6 Å². The van der Waals surface area contributed by atoms with Gasteiger partial charge >= 0.3 is 0 Å². The summed E-state index contributed by atoms with van der Waals surface area (Å²) in [5, 5.41) is 0. The van der Waals surface area contributed by atoms with Crippen LogP contribution in [0.25, 0.3) is 22.8 Å². The van der Waals surface area contributed by atoms with Crippen LogP contribution in [0.4, 0.5) is 4.39 Å². The third-order valence-electron chi connectivity index (χ3n) is 4.36. The minimum Gasteiger partial charge on any atom is -0.488 e. The summed E-state index contributed by atoms with van der Waals surface area (Å²) in [7, 11) is 0. The zero-order chi connectivity index (χ0) is 20.4. The van der Waals surface area contributed by atoms with Gasteiger partial charge in [0.1, 0.15) is 29.3 Å². The van der Waals surface area contributed by atoms with Gasteiger partial charge in [-0.15, -0.1) is 0 Å². The molecular formula is C21H17Br2FN4O. The van der Waals surface area contributed by atoms with Gasteiger partial charge in [-0.2, -0.15) is 0 Å². The topological polar surface area (TPSA) is 55.7 Å². The van der Waals surface area contributed by atoms with Crippen LogP contribution in [0.5, 0.6) is 5.75 Å². The minimum atomic E-state index is -0.279. The number of nitrogens with zero attached hydrogens (tertiary/aromatic N) is 3. The van der Waals surface area contributed by atoms with Crippen molar-refractivity contribution >= 4 is 31.9 Å². The molecule has 0 bridgehead atoms. The Bertz CT molecular complexity index is 1130. The van der Waals surface area contributed by atoms with E-state index < -0.39 is 0 Å². The van der Waals surface area contributed by atoms with Gasteiger partial charge in [0.05, 0.1) is 17.7 Å². The number of rotatable bonds is 1. The third-order valence-corrected chi connectivity index (χ3v) is 5.35. The highest BCUT2D eigenvalue weighted by Crippen LogP contribution is 2.34. The Labute approximate surface area is 184 Å². The molecule has 0 fully saturated rings. The van der Waals surface area contributed by atoms with Gasteiger partial charge in [0, 0.05) is 33.7 Å². The van der Waals surface area contributed by atoms with Crippen molar-refractivity contribution in [2.24, 2.45) is 0 Å². The van der Waals surface area contributed by atoms with Crippen molar-refractivity contribution in [1.82, 2.24) is 19.5 Å². The summed E-state index contributed by atoms with van der Waals surface area (Å²) in [5.41, 5.74) is 1.52.